The van der Waals surface area contributed by atoms with E-state index < -0.39 is 0 Å². The highest BCUT2D eigenvalue weighted by Gasteiger charge is 2.23. The maximum absolute atomic E-state index is 12.4. The summed E-state index contributed by atoms with van der Waals surface area (Å²) >= 11 is 0. The van der Waals surface area contributed by atoms with Crippen molar-refractivity contribution in [3.63, 3.8) is 0 Å². The van der Waals surface area contributed by atoms with Crippen molar-refractivity contribution in [1.29, 1.82) is 0 Å². The minimum atomic E-state index is -0.166. The van der Waals surface area contributed by atoms with Crippen LogP contribution in [0.25, 0.3) is 11.3 Å². The van der Waals surface area contributed by atoms with E-state index in [0.29, 0.717) is 5.69 Å². The average molecular weight is 293 g/mol. The van der Waals surface area contributed by atoms with E-state index in [4.69, 9.17) is 0 Å². The van der Waals surface area contributed by atoms with E-state index in [1.807, 2.05) is 30.3 Å². The Labute approximate surface area is 127 Å². The largest absolute Gasteiger partial charge is 0.321 e. The lowest BCUT2D eigenvalue weighted by atomic mass is 10.1. The summed E-state index contributed by atoms with van der Waals surface area (Å²) in [6.07, 6.45) is 4.68. The Bertz CT molecular complexity index is 819. The molecule has 4 rings (SSSR count). The van der Waals surface area contributed by atoms with Crippen LogP contribution in [0.2, 0.25) is 0 Å². The molecular formula is C16H15N5O. The summed E-state index contributed by atoms with van der Waals surface area (Å²) in [4.78, 5) is 12.4. The number of aromatic nitrogens is 4. The molecule has 0 spiro atoms. The van der Waals surface area contributed by atoms with Crippen molar-refractivity contribution in [2.24, 2.45) is 0 Å². The van der Waals surface area contributed by atoms with Crippen LogP contribution in [0.5, 0.6) is 0 Å². The minimum Gasteiger partial charge on any atom is -0.321 e. The van der Waals surface area contributed by atoms with Crippen LogP contribution in [-0.4, -0.2) is 26.3 Å². The molecule has 0 saturated heterocycles. The molecule has 0 aliphatic heterocycles. The molecule has 0 radical (unpaired) electrons. The standard InChI is InChI=1S/C16H15N5O/c22-16(15-12-5-2-6-14(12)20-21-15)18-11-4-1-3-10(9-11)13-7-8-17-19-13/h1,3-4,7-9H,2,5-6H2,(H,17,19)(H,18,22)(H,20,21). The number of fused-ring (bicyclic) bond motifs is 1. The third kappa shape index (κ3) is 2.18. The number of H-pyrrole nitrogens is 2. The predicted molar refractivity (Wildman–Crippen MR) is 82.6 cm³/mol. The summed E-state index contributed by atoms with van der Waals surface area (Å²) in [5.41, 5.74) is 5.30. The van der Waals surface area contributed by atoms with Gasteiger partial charge in [-0.3, -0.25) is 15.0 Å². The van der Waals surface area contributed by atoms with E-state index in [9.17, 15) is 4.79 Å². The zero-order valence-electron chi connectivity index (χ0n) is 11.9. The topological polar surface area (TPSA) is 86.5 Å². The number of aromatic amines is 2. The first-order chi connectivity index (χ1) is 10.8. The molecule has 6 heteroatoms. The summed E-state index contributed by atoms with van der Waals surface area (Å²) in [6.45, 7) is 0. The average Bonchev–Trinajstić information content (AvgIpc) is 3.25. The number of aryl methyl sites for hydroxylation is 1. The van der Waals surface area contributed by atoms with Gasteiger partial charge in [-0.15, -0.1) is 0 Å². The number of nitrogens with one attached hydrogen (secondary N) is 3. The van der Waals surface area contributed by atoms with Crippen molar-refractivity contribution >= 4 is 11.6 Å². The molecule has 1 aromatic carbocycles. The fraction of sp³-hybridized carbons (Fsp3) is 0.188. The first-order valence-corrected chi connectivity index (χ1v) is 7.28. The number of rotatable bonds is 3. The maximum Gasteiger partial charge on any atom is 0.276 e. The zero-order chi connectivity index (χ0) is 14.9. The molecule has 0 unspecified atom stereocenters. The molecule has 6 nitrogen and oxygen atoms in total. The highest BCUT2D eigenvalue weighted by molar-refractivity contribution is 6.04. The van der Waals surface area contributed by atoms with Gasteiger partial charge in [0, 0.05) is 28.7 Å². The van der Waals surface area contributed by atoms with E-state index in [2.05, 4.69) is 25.7 Å². The third-order valence-corrected chi connectivity index (χ3v) is 3.95. The van der Waals surface area contributed by atoms with Crippen molar-refractivity contribution < 1.29 is 4.79 Å². The summed E-state index contributed by atoms with van der Waals surface area (Å²) in [5, 5.41) is 16.9. The molecule has 3 aromatic rings. The molecule has 1 aliphatic carbocycles. The molecule has 110 valence electrons. The van der Waals surface area contributed by atoms with E-state index >= 15 is 0 Å². The van der Waals surface area contributed by atoms with Crippen LogP contribution in [0.15, 0.2) is 36.5 Å². The number of hydrogen-bond acceptors (Lipinski definition) is 3. The molecule has 3 N–H and O–H groups in total. The van der Waals surface area contributed by atoms with Crippen molar-refractivity contribution in [2.75, 3.05) is 5.32 Å². The lowest BCUT2D eigenvalue weighted by molar-refractivity contribution is 0.102. The molecule has 0 bridgehead atoms. The van der Waals surface area contributed by atoms with Gasteiger partial charge in [-0.1, -0.05) is 12.1 Å². The lowest BCUT2D eigenvalue weighted by Crippen LogP contribution is -2.14. The highest BCUT2D eigenvalue weighted by atomic mass is 16.1. The van der Waals surface area contributed by atoms with Crippen LogP contribution < -0.4 is 5.32 Å². The van der Waals surface area contributed by atoms with Gasteiger partial charge in [-0.25, -0.2) is 0 Å². The first-order valence-electron chi connectivity index (χ1n) is 7.28. The molecule has 1 aliphatic rings. The molecular weight excluding hydrogens is 278 g/mol. The highest BCUT2D eigenvalue weighted by Crippen LogP contribution is 2.24. The monoisotopic (exact) mass is 293 g/mol. The Morgan fingerprint density at radius 1 is 1.18 bits per heavy atom. The smallest absolute Gasteiger partial charge is 0.276 e. The molecule has 22 heavy (non-hydrogen) atoms. The number of benzene rings is 1. The maximum atomic E-state index is 12.4. The van der Waals surface area contributed by atoms with Crippen LogP contribution in [0.4, 0.5) is 5.69 Å². The second-order valence-electron chi connectivity index (χ2n) is 5.39. The molecule has 1 amide bonds. The second kappa shape index (κ2) is 5.14. The van der Waals surface area contributed by atoms with Crippen LogP contribution in [-0.2, 0) is 12.8 Å². The van der Waals surface area contributed by atoms with Gasteiger partial charge in [0.25, 0.3) is 5.91 Å². The fourth-order valence-electron chi connectivity index (χ4n) is 2.88. The van der Waals surface area contributed by atoms with E-state index in [-0.39, 0.29) is 5.91 Å². The zero-order valence-corrected chi connectivity index (χ0v) is 11.9. The Balaban J connectivity index is 1.58. The normalized spacial score (nSPS) is 13.1. The van der Waals surface area contributed by atoms with Gasteiger partial charge < -0.3 is 5.32 Å². The van der Waals surface area contributed by atoms with Gasteiger partial charge in [0.2, 0.25) is 0 Å². The fourth-order valence-corrected chi connectivity index (χ4v) is 2.88. The molecule has 2 heterocycles. The quantitative estimate of drug-likeness (QED) is 0.693. The van der Waals surface area contributed by atoms with Gasteiger partial charge in [0.15, 0.2) is 5.69 Å². The number of anilines is 1. The van der Waals surface area contributed by atoms with E-state index in [0.717, 1.165) is 47.5 Å². The van der Waals surface area contributed by atoms with Gasteiger partial charge in [0.1, 0.15) is 0 Å². The molecule has 2 aromatic heterocycles. The second-order valence-corrected chi connectivity index (χ2v) is 5.39. The first kappa shape index (κ1) is 12.8. The Kier molecular flexibility index (Phi) is 3.00. The van der Waals surface area contributed by atoms with Crippen molar-refractivity contribution in [1.82, 2.24) is 20.4 Å². The van der Waals surface area contributed by atoms with Crippen LogP contribution in [0, 0.1) is 0 Å². The molecule has 0 fully saturated rings. The number of hydrogen-bond donors (Lipinski definition) is 3. The van der Waals surface area contributed by atoms with Crippen molar-refractivity contribution in [2.45, 2.75) is 19.3 Å². The van der Waals surface area contributed by atoms with E-state index in [1.54, 1.807) is 6.20 Å². The Morgan fingerprint density at radius 3 is 3.00 bits per heavy atom. The summed E-state index contributed by atoms with van der Waals surface area (Å²) in [7, 11) is 0. The number of carbonyl (C=O) groups excluding carboxylic acids is 1. The SMILES string of the molecule is O=C(Nc1cccc(-c2ccn[nH]2)c1)c1n[nH]c2c1CCC2. The van der Waals surface area contributed by atoms with Gasteiger partial charge in [-0.2, -0.15) is 10.2 Å². The number of carbonyl (C=O) groups is 1. The van der Waals surface area contributed by atoms with Crippen LogP contribution in [0.1, 0.15) is 28.2 Å². The Morgan fingerprint density at radius 2 is 2.14 bits per heavy atom. The van der Waals surface area contributed by atoms with Gasteiger partial charge in [0.05, 0.1) is 5.69 Å². The molecule has 0 atom stereocenters. The number of amides is 1. The Hall–Kier alpha value is -2.89. The van der Waals surface area contributed by atoms with Gasteiger partial charge in [-0.05, 0) is 37.5 Å². The van der Waals surface area contributed by atoms with Crippen molar-refractivity contribution in [3.8, 4) is 11.3 Å². The predicted octanol–water partition coefficient (Wildman–Crippen LogP) is 2.54. The third-order valence-electron chi connectivity index (χ3n) is 3.95. The van der Waals surface area contributed by atoms with Crippen LogP contribution in [0.3, 0.4) is 0 Å². The van der Waals surface area contributed by atoms with E-state index in [1.165, 1.54) is 0 Å². The van der Waals surface area contributed by atoms with Crippen LogP contribution >= 0.6 is 0 Å². The lowest BCUT2D eigenvalue weighted by Gasteiger charge is -2.06. The number of nitrogens with zero attached hydrogens (tertiary/aromatic N) is 2. The molecule has 0 saturated carbocycles. The summed E-state index contributed by atoms with van der Waals surface area (Å²) in [5.74, 6) is -0.166. The van der Waals surface area contributed by atoms with Gasteiger partial charge >= 0.3 is 0 Å². The van der Waals surface area contributed by atoms with Crippen molar-refractivity contribution in [3.05, 3.63) is 53.5 Å². The minimum absolute atomic E-state index is 0.166. The summed E-state index contributed by atoms with van der Waals surface area (Å²) in [6, 6.07) is 9.54. The summed E-state index contributed by atoms with van der Waals surface area (Å²) < 4.78 is 0.